The van der Waals surface area contributed by atoms with Crippen LogP contribution in [-0.4, -0.2) is 6.54 Å². The van der Waals surface area contributed by atoms with Crippen molar-refractivity contribution in [2.75, 3.05) is 6.54 Å². The van der Waals surface area contributed by atoms with Crippen molar-refractivity contribution in [2.24, 2.45) is 0 Å². The van der Waals surface area contributed by atoms with Gasteiger partial charge in [-0.15, -0.1) is 0 Å². The van der Waals surface area contributed by atoms with E-state index < -0.39 is 0 Å². The molecule has 0 amide bonds. The molecule has 1 atom stereocenters. The van der Waals surface area contributed by atoms with Crippen LogP contribution in [0.25, 0.3) is 0 Å². The predicted molar refractivity (Wildman–Crippen MR) is 87.2 cm³/mol. The monoisotopic (exact) mass is 267 g/mol. The number of nitrogens with one attached hydrogen (secondary N) is 1. The van der Waals surface area contributed by atoms with Gasteiger partial charge in [0.15, 0.2) is 0 Å². The minimum absolute atomic E-state index is 0.289. The molecule has 0 fully saturated rings. The Morgan fingerprint density at radius 1 is 0.900 bits per heavy atom. The molecule has 0 aliphatic rings. The average Bonchev–Trinajstić information content (AvgIpc) is 2.42. The highest BCUT2D eigenvalue weighted by Crippen LogP contribution is 2.27. The molecule has 20 heavy (non-hydrogen) atoms. The van der Waals surface area contributed by atoms with Crippen molar-refractivity contribution in [3.63, 3.8) is 0 Å². The van der Waals surface area contributed by atoms with Crippen molar-refractivity contribution in [1.82, 2.24) is 5.32 Å². The molecule has 0 aliphatic carbocycles. The first kappa shape index (κ1) is 14.8. The second kappa shape index (κ2) is 6.71. The molecule has 0 saturated carbocycles. The first-order valence-corrected chi connectivity index (χ1v) is 7.49. The predicted octanol–water partition coefficient (Wildman–Crippen LogP) is 4.70. The molecule has 2 aromatic rings. The van der Waals surface area contributed by atoms with Crippen LogP contribution in [0.4, 0.5) is 0 Å². The minimum Gasteiger partial charge on any atom is -0.306 e. The van der Waals surface area contributed by atoms with E-state index in [2.05, 4.69) is 75.5 Å². The van der Waals surface area contributed by atoms with E-state index in [4.69, 9.17) is 0 Å². The Morgan fingerprint density at radius 2 is 1.60 bits per heavy atom. The van der Waals surface area contributed by atoms with E-state index >= 15 is 0 Å². The molecule has 2 rings (SSSR count). The molecule has 0 heterocycles. The lowest BCUT2D eigenvalue weighted by molar-refractivity contribution is 0.594. The van der Waals surface area contributed by atoms with Gasteiger partial charge >= 0.3 is 0 Å². The fourth-order valence-corrected chi connectivity index (χ4v) is 2.74. The fraction of sp³-hybridized carbons (Fsp3) is 0.368. The Kier molecular flexibility index (Phi) is 4.97. The second-order valence-corrected chi connectivity index (χ2v) is 5.60. The van der Waals surface area contributed by atoms with Crippen LogP contribution in [0.15, 0.2) is 42.5 Å². The zero-order valence-corrected chi connectivity index (χ0v) is 13.0. The zero-order valence-electron chi connectivity index (χ0n) is 13.0. The van der Waals surface area contributed by atoms with Crippen molar-refractivity contribution >= 4 is 0 Å². The lowest BCUT2D eigenvalue weighted by Gasteiger charge is -2.23. The summed E-state index contributed by atoms with van der Waals surface area (Å²) in [6.07, 6.45) is 1.15. The third kappa shape index (κ3) is 3.29. The maximum absolute atomic E-state index is 3.70. The van der Waals surface area contributed by atoms with Crippen molar-refractivity contribution in [1.29, 1.82) is 0 Å². The van der Waals surface area contributed by atoms with E-state index in [1.165, 1.54) is 27.8 Å². The fourth-order valence-electron chi connectivity index (χ4n) is 2.74. The van der Waals surface area contributed by atoms with Crippen LogP contribution < -0.4 is 5.32 Å². The highest BCUT2D eigenvalue weighted by atomic mass is 14.9. The van der Waals surface area contributed by atoms with Gasteiger partial charge in [-0.05, 0) is 56.0 Å². The third-order valence-electron chi connectivity index (χ3n) is 3.83. The van der Waals surface area contributed by atoms with Crippen LogP contribution in [-0.2, 0) is 0 Å². The van der Waals surface area contributed by atoms with Crippen LogP contribution in [0.3, 0.4) is 0 Å². The maximum Gasteiger partial charge on any atom is 0.0581 e. The van der Waals surface area contributed by atoms with Gasteiger partial charge in [0.1, 0.15) is 0 Å². The van der Waals surface area contributed by atoms with Gasteiger partial charge in [-0.2, -0.15) is 0 Å². The number of rotatable bonds is 5. The summed E-state index contributed by atoms with van der Waals surface area (Å²) in [5.41, 5.74) is 6.81. The Hall–Kier alpha value is -1.60. The molecule has 0 spiro atoms. The standard InChI is InChI=1S/C19H25N/c1-5-12-20-19(17-9-7-6-8-15(17)3)18-11-10-14(2)13-16(18)4/h6-11,13,19-20H,5,12H2,1-4H3. The van der Waals surface area contributed by atoms with E-state index in [0.717, 1.165) is 13.0 Å². The van der Waals surface area contributed by atoms with E-state index in [9.17, 15) is 0 Å². The third-order valence-corrected chi connectivity index (χ3v) is 3.83. The van der Waals surface area contributed by atoms with Crippen LogP contribution in [0.5, 0.6) is 0 Å². The summed E-state index contributed by atoms with van der Waals surface area (Å²) >= 11 is 0. The van der Waals surface area contributed by atoms with E-state index in [1.807, 2.05) is 0 Å². The number of aryl methyl sites for hydroxylation is 3. The van der Waals surface area contributed by atoms with E-state index in [1.54, 1.807) is 0 Å². The second-order valence-electron chi connectivity index (χ2n) is 5.60. The minimum atomic E-state index is 0.289. The Morgan fingerprint density at radius 3 is 2.25 bits per heavy atom. The van der Waals surface area contributed by atoms with Crippen LogP contribution >= 0.6 is 0 Å². The molecular formula is C19H25N. The van der Waals surface area contributed by atoms with Gasteiger partial charge in [-0.1, -0.05) is 55.0 Å². The molecule has 0 radical (unpaired) electrons. The summed E-state index contributed by atoms with van der Waals surface area (Å²) < 4.78 is 0. The van der Waals surface area contributed by atoms with Gasteiger partial charge in [0.25, 0.3) is 0 Å². The Bertz CT molecular complexity index is 572. The van der Waals surface area contributed by atoms with E-state index in [-0.39, 0.29) is 6.04 Å². The topological polar surface area (TPSA) is 12.0 Å². The van der Waals surface area contributed by atoms with Crippen LogP contribution in [0, 0.1) is 20.8 Å². The number of benzene rings is 2. The molecule has 0 bridgehead atoms. The highest BCUT2D eigenvalue weighted by Gasteiger charge is 2.16. The smallest absolute Gasteiger partial charge is 0.0581 e. The number of hydrogen-bond acceptors (Lipinski definition) is 1. The van der Waals surface area contributed by atoms with E-state index in [0.29, 0.717) is 0 Å². The van der Waals surface area contributed by atoms with Gasteiger partial charge in [-0.25, -0.2) is 0 Å². The van der Waals surface area contributed by atoms with Crippen molar-refractivity contribution in [3.05, 3.63) is 70.3 Å². The molecule has 0 aromatic heterocycles. The summed E-state index contributed by atoms with van der Waals surface area (Å²) in [4.78, 5) is 0. The van der Waals surface area contributed by atoms with Crippen LogP contribution in [0.1, 0.15) is 47.2 Å². The Labute approximate surface area is 123 Å². The van der Waals surface area contributed by atoms with Gasteiger partial charge in [0.05, 0.1) is 6.04 Å². The first-order chi connectivity index (χ1) is 9.63. The Balaban J connectivity index is 2.44. The van der Waals surface area contributed by atoms with Gasteiger partial charge < -0.3 is 5.32 Å². The molecule has 1 N–H and O–H groups in total. The van der Waals surface area contributed by atoms with Gasteiger partial charge in [-0.3, -0.25) is 0 Å². The zero-order chi connectivity index (χ0) is 14.5. The molecule has 2 aromatic carbocycles. The molecular weight excluding hydrogens is 242 g/mol. The number of hydrogen-bond donors (Lipinski definition) is 1. The molecule has 1 nitrogen and oxygen atoms in total. The summed E-state index contributed by atoms with van der Waals surface area (Å²) in [5, 5.41) is 3.70. The van der Waals surface area contributed by atoms with Crippen molar-refractivity contribution in [2.45, 2.75) is 40.2 Å². The van der Waals surface area contributed by atoms with Crippen molar-refractivity contribution in [3.8, 4) is 0 Å². The van der Waals surface area contributed by atoms with Gasteiger partial charge in [0, 0.05) is 0 Å². The molecule has 106 valence electrons. The molecule has 1 unspecified atom stereocenters. The summed E-state index contributed by atoms with van der Waals surface area (Å²) in [5.74, 6) is 0. The molecule has 0 saturated heterocycles. The highest BCUT2D eigenvalue weighted by molar-refractivity contribution is 5.41. The maximum atomic E-state index is 3.70. The largest absolute Gasteiger partial charge is 0.306 e. The summed E-state index contributed by atoms with van der Waals surface area (Å²) in [6, 6.07) is 15.7. The summed E-state index contributed by atoms with van der Waals surface area (Å²) in [7, 11) is 0. The van der Waals surface area contributed by atoms with Crippen molar-refractivity contribution < 1.29 is 0 Å². The normalized spacial score (nSPS) is 12.4. The lowest BCUT2D eigenvalue weighted by Crippen LogP contribution is -2.24. The van der Waals surface area contributed by atoms with Gasteiger partial charge in [0.2, 0.25) is 0 Å². The van der Waals surface area contributed by atoms with Crippen LogP contribution in [0.2, 0.25) is 0 Å². The molecule has 1 heteroatoms. The quantitative estimate of drug-likeness (QED) is 0.828. The SMILES string of the molecule is CCCNC(c1ccccc1C)c1ccc(C)cc1C. The first-order valence-electron chi connectivity index (χ1n) is 7.49. The summed E-state index contributed by atoms with van der Waals surface area (Å²) in [6.45, 7) is 9.80. The molecule has 0 aliphatic heterocycles. The lowest BCUT2D eigenvalue weighted by atomic mass is 9.91. The average molecular weight is 267 g/mol.